The molecule has 8 heteroatoms. The van der Waals surface area contributed by atoms with E-state index in [1.807, 2.05) is 0 Å². The van der Waals surface area contributed by atoms with E-state index in [1.54, 1.807) is 25.3 Å². The highest BCUT2D eigenvalue weighted by molar-refractivity contribution is 5.87. The molecule has 2 unspecified atom stereocenters. The molecule has 1 N–H and O–H groups in total. The summed E-state index contributed by atoms with van der Waals surface area (Å²) in [6.07, 6.45) is 3.22. The fraction of sp³-hybridized carbons (Fsp3) is 0.529. The number of methoxy groups -OCH3 is 1. The Morgan fingerprint density at radius 2 is 1.92 bits per heavy atom. The minimum Gasteiger partial charge on any atom is -0.497 e. The average molecular weight is 368 g/mol. The van der Waals surface area contributed by atoms with Gasteiger partial charge in [0, 0.05) is 31.0 Å². The van der Waals surface area contributed by atoms with Crippen molar-refractivity contribution in [3.05, 3.63) is 28.7 Å². The number of nitrogens with zero attached hydrogens (tertiary/aromatic N) is 2. The Morgan fingerprint density at radius 3 is 2.56 bits per heavy atom. The van der Waals surface area contributed by atoms with E-state index in [1.165, 1.54) is 0 Å². The zero-order valence-corrected chi connectivity index (χ0v) is 15.0. The van der Waals surface area contributed by atoms with Gasteiger partial charge in [-0.1, -0.05) is 0 Å². The first-order valence-corrected chi connectivity index (χ1v) is 8.28. The number of H-pyrrole nitrogens is 1. The van der Waals surface area contributed by atoms with Gasteiger partial charge in [0.05, 0.1) is 18.1 Å². The van der Waals surface area contributed by atoms with Gasteiger partial charge in [0.25, 0.3) is 0 Å². The number of carbonyl (C=O) groups is 1. The van der Waals surface area contributed by atoms with Crippen LogP contribution in [0, 0.1) is 0 Å². The number of benzene rings is 1. The summed E-state index contributed by atoms with van der Waals surface area (Å²) in [5.74, 6) is 0.584. The molecule has 4 rings (SSSR count). The van der Waals surface area contributed by atoms with Crippen LogP contribution in [0.25, 0.3) is 11.0 Å². The van der Waals surface area contributed by atoms with Gasteiger partial charge in [-0.25, -0.2) is 9.59 Å². The molecule has 2 aromatic rings. The van der Waals surface area contributed by atoms with Crippen molar-refractivity contribution < 1.29 is 14.3 Å². The fourth-order valence-electron chi connectivity index (χ4n) is 4.04. The van der Waals surface area contributed by atoms with Crippen molar-refractivity contribution >= 4 is 29.5 Å². The van der Waals surface area contributed by atoms with Gasteiger partial charge in [0.2, 0.25) is 0 Å². The van der Waals surface area contributed by atoms with Gasteiger partial charge in [0.1, 0.15) is 11.9 Å². The number of piperidine rings is 1. The third-order valence-electron chi connectivity index (χ3n) is 5.40. The Morgan fingerprint density at radius 1 is 1.24 bits per heavy atom. The van der Waals surface area contributed by atoms with Crippen LogP contribution in [0.1, 0.15) is 25.7 Å². The van der Waals surface area contributed by atoms with Gasteiger partial charge in [-0.05, 0) is 32.0 Å². The highest BCUT2D eigenvalue weighted by Crippen LogP contribution is 2.35. The summed E-state index contributed by atoms with van der Waals surface area (Å²) in [6, 6.07) is 6.06. The molecular weight excluding hydrogens is 346 g/mol. The van der Waals surface area contributed by atoms with Crippen LogP contribution in [0.5, 0.6) is 5.75 Å². The number of rotatable bonds is 2. The summed E-state index contributed by atoms with van der Waals surface area (Å²) >= 11 is 0. The van der Waals surface area contributed by atoms with E-state index >= 15 is 0 Å². The molecule has 2 atom stereocenters. The van der Waals surface area contributed by atoms with Crippen LogP contribution in [0.2, 0.25) is 0 Å². The van der Waals surface area contributed by atoms with Crippen molar-refractivity contribution in [3.63, 3.8) is 0 Å². The van der Waals surface area contributed by atoms with Crippen LogP contribution in [0.3, 0.4) is 0 Å². The number of hydrogen-bond acceptors (Lipinski definition) is 5. The zero-order valence-electron chi connectivity index (χ0n) is 14.2. The second kappa shape index (κ2) is 6.72. The summed E-state index contributed by atoms with van der Waals surface area (Å²) in [6.45, 7) is 0. The van der Waals surface area contributed by atoms with E-state index in [-0.39, 0.29) is 18.5 Å². The lowest BCUT2D eigenvalue weighted by Gasteiger charge is -2.35. The number of imidazole rings is 1. The predicted octanol–water partition coefficient (Wildman–Crippen LogP) is 2.37. The van der Waals surface area contributed by atoms with Gasteiger partial charge in [-0.15, -0.1) is 12.4 Å². The molecule has 0 radical (unpaired) electrons. The largest absolute Gasteiger partial charge is 0.497 e. The molecule has 1 aromatic carbocycles. The highest BCUT2D eigenvalue weighted by atomic mass is 35.5. The Hall–Kier alpha value is -1.99. The third kappa shape index (κ3) is 3.02. The Balaban J connectivity index is 0.00000182. The first-order valence-electron chi connectivity index (χ1n) is 8.28. The average Bonchev–Trinajstić information content (AvgIpc) is 2.97. The van der Waals surface area contributed by atoms with Gasteiger partial charge in [0.15, 0.2) is 0 Å². The van der Waals surface area contributed by atoms with Crippen molar-refractivity contribution in [1.29, 1.82) is 0 Å². The Labute approximate surface area is 151 Å². The molecule has 25 heavy (non-hydrogen) atoms. The molecular formula is C17H22ClN3O4. The number of nitrogens with one attached hydrogen (secondary N) is 1. The molecule has 0 aliphatic carbocycles. The minimum absolute atomic E-state index is 0. The molecule has 2 bridgehead atoms. The molecule has 0 amide bonds. The van der Waals surface area contributed by atoms with Crippen LogP contribution in [0.15, 0.2) is 23.0 Å². The maximum atomic E-state index is 12.6. The first-order chi connectivity index (χ1) is 11.6. The number of aromatic nitrogens is 2. The topological polar surface area (TPSA) is 76.6 Å². The van der Waals surface area contributed by atoms with Crippen molar-refractivity contribution in [1.82, 2.24) is 14.5 Å². The monoisotopic (exact) mass is 367 g/mol. The second-order valence-electron chi connectivity index (χ2n) is 6.68. The lowest BCUT2D eigenvalue weighted by atomic mass is 10.0. The van der Waals surface area contributed by atoms with Crippen LogP contribution in [0.4, 0.5) is 4.79 Å². The van der Waals surface area contributed by atoms with Crippen LogP contribution >= 0.6 is 12.4 Å². The lowest BCUT2D eigenvalue weighted by molar-refractivity contribution is 0.0290. The molecule has 2 aliphatic heterocycles. The molecule has 7 nitrogen and oxygen atoms in total. The summed E-state index contributed by atoms with van der Waals surface area (Å²) in [4.78, 5) is 29.8. The first kappa shape index (κ1) is 17.8. The molecule has 3 heterocycles. The Bertz CT molecular complexity index is 832. The smallest absolute Gasteiger partial charge is 0.423 e. The quantitative estimate of drug-likeness (QED) is 0.881. The zero-order chi connectivity index (χ0) is 16.8. The molecule has 0 spiro atoms. The van der Waals surface area contributed by atoms with Crippen LogP contribution in [-0.4, -0.2) is 52.9 Å². The maximum Gasteiger partial charge on any atom is 0.423 e. The molecule has 0 saturated carbocycles. The van der Waals surface area contributed by atoms with Gasteiger partial charge in [-0.3, -0.25) is 0 Å². The van der Waals surface area contributed by atoms with Crippen molar-refractivity contribution in [2.24, 2.45) is 0 Å². The maximum absolute atomic E-state index is 12.6. The normalized spacial score (nSPS) is 25.6. The number of aromatic amines is 1. The number of halogens is 1. The summed E-state index contributed by atoms with van der Waals surface area (Å²) in [5.41, 5.74) is 0.570. The third-order valence-corrected chi connectivity index (χ3v) is 5.40. The lowest BCUT2D eigenvalue weighted by Crippen LogP contribution is -2.44. The Kier molecular flexibility index (Phi) is 4.79. The summed E-state index contributed by atoms with van der Waals surface area (Å²) in [5, 5.41) is 0. The summed E-state index contributed by atoms with van der Waals surface area (Å²) in [7, 11) is 3.68. The van der Waals surface area contributed by atoms with Crippen molar-refractivity contribution in [2.45, 2.75) is 43.9 Å². The summed E-state index contributed by atoms with van der Waals surface area (Å²) < 4.78 is 11.9. The molecule has 1 aromatic heterocycles. The molecule has 2 saturated heterocycles. The predicted molar refractivity (Wildman–Crippen MR) is 95.8 cm³/mol. The van der Waals surface area contributed by atoms with E-state index in [9.17, 15) is 9.59 Å². The highest BCUT2D eigenvalue weighted by Gasteiger charge is 2.40. The number of fused-ring (bicyclic) bond motifs is 3. The second-order valence-corrected chi connectivity index (χ2v) is 6.68. The van der Waals surface area contributed by atoms with E-state index in [0.29, 0.717) is 28.9 Å². The van der Waals surface area contributed by atoms with Gasteiger partial charge in [-0.2, -0.15) is 4.57 Å². The van der Waals surface area contributed by atoms with E-state index in [4.69, 9.17) is 9.47 Å². The molecule has 136 valence electrons. The van der Waals surface area contributed by atoms with E-state index in [2.05, 4.69) is 16.9 Å². The molecule has 2 fully saturated rings. The van der Waals surface area contributed by atoms with Crippen LogP contribution in [-0.2, 0) is 4.74 Å². The number of ether oxygens (including phenoxy) is 2. The van der Waals surface area contributed by atoms with Gasteiger partial charge < -0.3 is 19.4 Å². The molecule has 2 aliphatic rings. The minimum atomic E-state index is -0.617. The number of carbonyl (C=O) groups excluding carboxylic acids is 1. The van der Waals surface area contributed by atoms with E-state index < -0.39 is 11.8 Å². The fourth-order valence-corrected chi connectivity index (χ4v) is 4.04. The number of hydrogen-bond donors (Lipinski definition) is 1. The SMILES string of the molecule is COc1ccc2[nH]c(=O)n(C(=O)OC3CC4CCC(C3)N4C)c2c1.Cl. The van der Waals surface area contributed by atoms with Crippen molar-refractivity contribution in [3.8, 4) is 5.75 Å². The standard InChI is InChI=1S/C17H21N3O4.ClH/c1-19-10-3-4-11(19)8-13(7-10)24-17(22)20-15-9-12(23-2)5-6-14(15)18-16(20)21;/h5-6,9-11,13H,3-4,7-8H2,1-2H3,(H,18,21);1H. The van der Waals surface area contributed by atoms with E-state index in [0.717, 1.165) is 30.3 Å². The van der Waals surface area contributed by atoms with Crippen LogP contribution < -0.4 is 10.4 Å². The van der Waals surface area contributed by atoms with Crippen molar-refractivity contribution in [2.75, 3.05) is 14.2 Å². The van der Waals surface area contributed by atoms with Gasteiger partial charge >= 0.3 is 11.8 Å².